The number of anilines is 1. The highest BCUT2D eigenvalue weighted by atomic mass is 35.5. The van der Waals surface area contributed by atoms with Gasteiger partial charge < -0.3 is 10.5 Å². The van der Waals surface area contributed by atoms with Gasteiger partial charge in [0.05, 0.1) is 5.69 Å². The van der Waals surface area contributed by atoms with Crippen LogP contribution in [0.1, 0.15) is 0 Å². The minimum absolute atomic E-state index is 0.523. The first kappa shape index (κ1) is 11.1. The second kappa shape index (κ2) is 4.64. The highest BCUT2D eigenvalue weighted by molar-refractivity contribution is 6.31. The Morgan fingerprint density at radius 2 is 1.69 bits per heavy atom. The van der Waals surface area contributed by atoms with Crippen LogP contribution in [0.4, 0.5) is 5.69 Å². The number of nitrogens with two attached hydrogens (primary N) is 1. The summed E-state index contributed by atoms with van der Waals surface area (Å²) in [6, 6.07) is 12.2. The lowest BCUT2D eigenvalue weighted by atomic mass is 10.3. The summed E-state index contributed by atoms with van der Waals surface area (Å²) < 4.78 is 5.58. The molecule has 2 nitrogen and oxygen atoms in total. The standard InChI is InChI=1S/C12H9Cl2NO/c13-8-2-1-3-10(6-8)16-12-7-9(14)4-5-11(12)15/h1-7H,15H2. The molecule has 2 aromatic carbocycles. The molecule has 0 fully saturated rings. The van der Waals surface area contributed by atoms with Crippen LogP contribution in [-0.4, -0.2) is 0 Å². The van der Waals surface area contributed by atoms with E-state index in [9.17, 15) is 0 Å². The number of rotatable bonds is 2. The first-order valence-electron chi connectivity index (χ1n) is 4.63. The van der Waals surface area contributed by atoms with Gasteiger partial charge in [-0.25, -0.2) is 0 Å². The van der Waals surface area contributed by atoms with E-state index in [0.29, 0.717) is 27.2 Å². The molecule has 2 N–H and O–H groups in total. The summed E-state index contributed by atoms with van der Waals surface area (Å²) in [5.74, 6) is 1.15. The van der Waals surface area contributed by atoms with Gasteiger partial charge in [0.1, 0.15) is 5.75 Å². The zero-order valence-corrected chi connectivity index (χ0v) is 9.79. The van der Waals surface area contributed by atoms with Crippen molar-refractivity contribution in [2.24, 2.45) is 0 Å². The van der Waals surface area contributed by atoms with Crippen molar-refractivity contribution in [2.45, 2.75) is 0 Å². The van der Waals surface area contributed by atoms with E-state index in [2.05, 4.69) is 0 Å². The molecule has 16 heavy (non-hydrogen) atoms. The molecule has 0 aliphatic carbocycles. The number of ether oxygens (including phenoxy) is 1. The van der Waals surface area contributed by atoms with E-state index in [0.717, 1.165) is 0 Å². The van der Waals surface area contributed by atoms with Crippen molar-refractivity contribution in [1.29, 1.82) is 0 Å². The van der Waals surface area contributed by atoms with E-state index in [1.165, 1.54) is 0 Å². The van der Waals surface area contributed by atoms with Gasteiger partial charge >= 0.3 is 0 Å². The molecule has 0 bridgehead atoms. The molecular formula is C12H9Cl2NO. The highest BCUT2D eigenvalue weighted by Crippen LogP contribution is 2.30. The van der Waals surface area contributed by atoms with Gasteiger partial charge in [0.15, 0.2) is 5.75 Å². The first-order valence-corrected chi connectivity index (χ1v) is 5.39. The quantitative estimate of drug-likeness (QED) is 0.807. The number of halogens is 2. The first-order chi connectivity index (χ1) is 7.65. The molecule has 4 heteroatoms. The predicted molar refractivity (Wildman–Crippen MR) is 67.4 cm³/mol. The molecule has 0 atom stereocenters. The van der Waals surface area contributed by atoms with E-state index < -0.39 is 0 Å². The Bertz CT molecular complexity index is 514. The molecular weight excluding hydrogens is 245 g/mol. The second-order valence-electron chi connectivity index (χ2n) is 3.24. The Balaban J connectivity index is 2.30. The Labute approximate surface area is 104 Å². The Morgan fingerprint density at radius 1 is 0.938 bits per heavy atom. The highest BCUT2D eigenvalue weighted by Gasteiger charge is 2.03. The fraction of sp³-hybridized carbons (Fsp3) is 0. The number of benzene rings is 2. The fourth-order valence-electron chi connectivity index (χ4n) is 1.25. The third-order valence-corrected chi connectivity index (χ3v) is 2.47. The summed E-state index contributed by atoms with van der Waals surface area (Å²) in [5, 5.41) is 1.18. The van der Waals surface area contributed by atoms with Crippen molar-refractivity contribution in [3.63, 3.8) is 0 Å². The lowest BCUT2D eigenvalue weighted by molar-refractivity contribution is 0.485. The molecule has 0 spiro atoms. The van der Waals surface area contributed by atoms with Crippen LogP contribution in [-0.2, 0) is 0 Å². The van der Waals surface area contributed by atoms with Gasteiger partial charge in [-0.05, 0) is 30.3 Å². The van der Waals surface area contributed by atoms with Crippen LogP contribution < -0.4 is 10.5 Å². The maximum Gasteiger partial charge on any atom is 0.151 e. The average molecular weight is 254 g/mol. The minimum atomic E-state index is 0.523. The summed E-state index contributed by atoms with van der Waals surface area (Å²) in [4.78, 5) is 0. The predicted octanol–water partition coefficient (Wildman–Crippen LogP) is 4.37. The van der Waals surface area contributed by atoms with Crippen LogP contribution in [0.2, 0.25) is 10.0 Å². The molecule has 0 aliphatic rings. The summed E-state index contributed by atoms with van der Waals surface area (Å²) in [6.07, 6.45) is 0. The third-order valence-electron chi connectivity index (χ3n) is 2.00. The lowest BCUT2D eigenvalue weighted by Crippen LogP contribution is -1.91. The van der Waals surface area contributed by atoms with Crippen molar-refractivity contribution in [2.75, 3.05) is 5.73 Å². The molecule has 0 amide bonds. The Kier molecular flexibility index (Phi) is 3.22. The van der Waals surface area contributed by atoms with E-state index in [-0.39, 0.29) is 0 Å². The monoisotopic (exact) mass is 253 g/mol. The van der Waals surface area contributed by atoms with Crippen LogP contribution in [0.15, 0.2) is 42.5 Å². The van der Waals surface area contributed by atoms with Crippen LogP contribution in [0, 0.1) is 0 Å². The van der Waals surface area contributed by atoms with Crippen molar-refractivity contribution in [3.05, 3.63) is 52.5 Å². The molecule has 2 rings (SSSR count). The average Bonchev–Trinajstić information content (AvgIpc) is 2.24. The number of nitrogen functional groups attached to an aromatic ring is 1. The maximum atomic E-state index is 5.85. The van der Waals surface area contributed by atoms with Crippen molar-refractivity contribution in [1.82, 2.24) is 0 Å². The summed E-state index contributed by atoms with van der Waals surface area (Å²) >= 11 is 11.7. The van der Waals surface area contributed by atoms with Crippen LogP contribution in [0.3, 0.4) is 0 Å². The Hall–Kier alpha value is -1.38. The molecule has 0 aliphatic heterocycles. The topological polar surface area (TPSA) is 35.2 Å². The minimum Gasteiger partial charge on any atom is -0.455 e. The molecule has 0 radical (unpaired) electrons. The van der Waals surface area contributed by atoms with Crippen molar-refractivity contribution < 1.29 is 4.74 Å². The van der Waals surface area contributed by atoms with E-state index in [4.69, 9.17) is 33.7 Å². The second-order valence-corrected chi connectivity index (χ2v) is 4.11. The number of hydrogen-bond acceptors (Lipinski definition) is 2. The van der Waals surface area contributed by atoms with Gasteiger partial charge in [0, 0.05) is 16.1 Å². The van der Waals surface area contributed by atoms with Gasteiger partial charge in [-0.15, -0.1) is 0 Å². The zero-order valence-electron chi connectivity index (χ0n) is 8.28. The molecule has 82 valence electrons. The number of hydrogen-bond donors (Lipinski definition) is 1. The summed E-state index contributed by atoms with van der Waals surface area (Å²) in [6.45, 7) is 0. The third kappa shape index (κ3) is 2.60. The van der Waals surface area contributed by atoms with Gasteiger partial charge in [0.2, 0.25) is 0 Å². The molecule has 0 aromatic heterocycles. The van der Waals surface area contributed by atoms with E-state index >= 15 is 0 Å². The van der Waals surface area contributed by atoms with Crippen LogP contribution in [0.5, 0.6) is 11.5 Å². The van der Waals surface area contributed by atoms with Gasteiger partial charge in [-0.3, -0.25) is 0 Å². The van der Waals surface area contributed by atoms with Crippen LogP contribution >= 0.6 is 23.2 Å². The molecule has 0 heterocycles. The largest absolute Gasteiger partial charge is 0.455 e. The van der Waals surface area contributed by atoms with Crippen molar-refractivity contribution >= 4 is 28.9 Å². The molecule has 0 saturated heterocycles. The van der Waals surface area contributed by atoms with Crippen molar-refractivity contribution in [3.8, 4) is 11.5 Å². The fourth-order valence-corrected chi connectivity index (χ4v) is 1.60. The van der Waals surface area contributed by atoms with E-state index in [1.54, 1.807) is 42.5 Å². The molecule has 0 unspecified atom stereocenters. The SMILES string of the molecule is Nc1ccc(Cl)cc1Oc1cccc(Cl)c1. The molecule has 0 saturated carbocycles. The van der Waals surface area contributed by atoms with Gasteiger partial charge in [-0.1, -0.05) is 29.3 Å². The van der Waals surface area contributed by atoms with E-state index in [1.807, 2.05) is 0 Å². The lowest BCUT2D eigenvalue weighted by Gasteiger charge is -2.08. The summed E-state index contributed by atoms with van der Waals surface area (Å²) in [7, 11) is 0. The van der Waals surface area contributed by atoms with Gasteiger partial charge in [0.25, 0.3) is 0 Å². The van der Waals surface area contributed by atoms with Crippen LogP contribution in [0.25, 0.3) is 0 Å². The van der Waals surface area contributed by atoms with Gasteiger partial charge in [-0.2, -0.15) is 0 Å². The zero-order chi connectivity index (χ0) is 11.5. The Morgan fingerprint density at radius 3 is 2.44 bits per heavy atom. The molecule has 2 aromatic rings. The summed E-state index contributed by atoms with van der Waals surface area (Å²) in [5.41, 5.74) is 6.29. The smallest absolute Gasteiger partial charge is 0.151 e. The maximum absolute atomic E-state index is 5.85. The normalized spacial score (nSPS) is 10.1.